The van der Waals surface area contributed by atoms with Gasteiger partial charge in [-0.3, -0.25) is 4.98 Å². The highest BCUT2D eigenvalue weighted by molar-refractivity contribution is 6.61. The summed E-state index contributed by atoms with van der Waals surface area (Å²) < 4.78 is 37.2. The van der Waals surface area contributed by atoms with Gasteiger partial charge in [0, 0.05) is 18.8 Å². The predicted octanol–water partition coefficient (Wildman–Crippen LogP) is 2.76. The molecule has 2 aliphatic rings. The minimum absolute atomic E-state index is 0.0118. The Morgan fingerprint density at radius 3 is 2.55 bits per heavy atom. The smallest absolute Gasteiger partial charge is 0.398 e. The molecule has 3 heterocycles. The van der Waals surface area contributed by atoms with Gasteiger partial charge in [0.2, 0.25) is 0 Å². The fourth-order valence-corrected chi connectivity index (χ4v) is 2.92. The molecule has 22 heavy (non-hydrogen) atoms. The van der Waals surface area contributed by atoms with Crippen LogP contribution in [0, 0.1) is 0 Å². The normalized spacial score (nSPS) is 29.1. The van der Waals surface area contributed by atoms with E-state index in [4.69, 9.17) is 13.4 Å². The van der Waals surface area contributed by atoms with Crippen molar-refractivity contribution in [3.05, 3.63) is 18.3 Å². The maximum atomic E-state index is 8.46. The van der Waals surface area contributed by atoms with E-state index in [2.05, 4.69) is 11.9 Å². The van der Waals surface area contributed by atoms with Crippen LogP contribution in [-0.4, -0.2) is 35.9 Å². The van der Waals surface area contributed by atoms with Crippen molar-refractivity contribution in [2.24, 2.45) is 0 Å². The molecule has 0 radical (unpaired) electrons. The second-order valence-electron chi connectivity index (χ2n) is 7.33. The van der Waals surface area contributed by atoms with E-state index in [-0.39, 0.29) is 29.9 Å². The molecule has 0 saturated carbocycles. The van der Waals surface area contributed by atoms with E-state index < -0.39 is 18.3 Å². The molecule has 0 spiro atoms. The summed E-state index contributed by atoms with van der Waals surface area (Å²) in [7, 11) is -0.821. The third-order valence-corrected chi connectivity index (χ3v) is 5.16. The number of nitrogens with zero attached hydrogens (tertiary/aromatic N) is 2. The Kier molecular flexibility index (Phi) is 3.11. The lowest BCUT2D eigenvalue weighted by atomic mass is 9.84. The largest absolute Gasteiger partial charge is 0.514 e. The van der Waals surface area contributed by atoms with Crippen molar-refractivity contribution in [3.8, 4) is 0 Å². The van der Waals surface area contributed by atoms with Gasteiger partial charge in [-0.2, -0.15) is 0 Å². The lowest BCUT2D eigenvalue weighted by Gasteiger charge is -2.35. The van der Waals surface area contributed by atoms with Crippen LogP contribution in [0.1, 0.15) is 58.0 Å². The van der Waals surface area contributed by atoms with E-state index in [1.807, 2.05) is 32.6 Å². The molecular weight excluding hydrogens is 275 g/mol. The average molecular weight is 305 g/mol. The first-order chi connectivity index (χ1) is 11.5. The van der Waals surface area contributed by atoms with E-state index in [0.29, 0.717) is 5.69 Å². The number of pyridine rings is 1. The molecule has 0 bridgehead atoms. The second-order valence-corrected chi connectivity index (χ2v) is 7.33. The van der Waals surface area contributed by atoms with E-state index >= 15 is 0 Å². The zero-order chi connectivity index (χ0) is 18.6. The number of rotatable bonds is 2. The summed E-state index contributed by atoms with van der Waals surface area (Å²) in [4.78, 5) is 6.37. The third kappa shape index (κ3) is 2.76. The summed E-state index contributed by atoms with van der Waals surface area (Å²) in [5, 5.41) is 0. The molecule has 2 aliphatic heterocycles. The van der Waals surface area contributed by atoms with Crippen LogP contribution in [0.15, 0.2) is 18.3 Å². The summed E-state index contributed by atoms with van der Waals surface area (Å²) in [6.07, 6.45) is 3.26. The fourth-order valence-electron chi connectivity index (χ4n) is 2.92. The van der Waals surface area contributed by atoms with Gasteiger partial charge in [-0.15, -0.1) is 0 Å². The monoisotopic (exact) mass is 305 g/mol. The van der Waals surface area contributed by atoms with Crippen molar-refractivity contribution in [1.82, 2.24) is 4.98 Å². The van der Waals surface area contributed by atoms with Gasteiger partial charge < -0.3 is 14.2 Å². The highest BCUT2D eigenvalue weighted by atomic mass is 16.7. The molecule has 120 valence electrons. The van der Waals surface area contributed by atoms with Gasteiger partial charge in [-0.05, 0) is 66.0 Å². The quantitative estimate of drug-likeness (QED) is 0.787. The Bertz CT molecular complexity index is 668. The molecule has 4 nitrogen and oxygen atoms in total. The van der Waals surface area contributed by atoms with Crippen LogP contribution in [0.5, 0.6) is 0 Å². The SMILES string of the molecule is [2H]c1nc(B2OC(C)(C)C(C)(C)O2)c([2H])c([2H])c1N1CCCCC1C. The zero-order valence-corrected chi connectivity index (χ0v) is 14.2. The zero-order valence-electron chi connectivity index (χ0n) is 17.2. The maximum absolute atomic E-state index is 8.46. The molecule has 3 rings (SSSR count). The molecule has 2 saturated heterocycles. The van der Waals surface area contributed by atoms with Crippen LogP contribution in [-0.2, 0) is 9.31 Å². The highest BCUT2D eigenvalue weighted by Crippen LogP contribution is 2.36. The van der Waals surface area contributed by atoms with Crippen molar-refractivity contribution in [3.63, 3.8) is 0 Å². The van der Waals surface area contributed by atoms with Crippen molar-refractivity contribution in [1.29, 1.82) is 0 Å². The summed E-state index contributed by atoms with van der Waals surface area (Å²) in [5.41, 5.74) is -0.411. The van der Waals surface area contributed by atoms with Crippen LogP contribution >= 0.6 is 0 Å². The Labute approximate surface area is 138 Å². The standard InChI is InChI=1S/C17H27BN2O2/c1-13-8-6-7-11-20(13)14-9-10-15(19-12-14)18-21-16(2,3)17(4,5)22-18/h9-10,12-13H,6-8,11H2,1-5H3/i9D,10D,12D. The summed E-state index contributed by atoms with van der Waals surface area (Å²) >= 11 is 0. The van der Waals surface area contributed by atoms with Crippen molar-refractivity contribution < 1.29 is 13.4 Å². The molecular formula is C17H27BN2O2. The number of piperidine rings is 1. The van der Waals surface area contributed by atoms with Crippen LogP contribution in [0.3, 0.4) is 0 Å². The first-order valence-corrected chi connectivity index (χ1v) is 8.15. The van der Waals surface area contributed by atoms with Gasteiger partial charge in [0.1, 0.15) is 0 Å². The number of hydrogen-bond acceptors (Lipinski definition) is 4. The minimum Gasteiger partial charge on any atom is -0.398 e. The van der Waals surface area contributed by atoms with E-state index in [9.17, 15) is 0 Å². The Hall–Kier alpha value is -1.07. The molecule has 0 amide bonds. The molecule has 1 unspecified atom stereocenters. The van der Waals surface area contributed by atoms with Crippen LogP contribution in [0.2, 0.25) is 0 Å². The van der Waals surface area contributed by atoms with Gasteiger partial charge in [-0.1, -0.05) is 0 Å². The molecule has 1 aromatic rings. The molecule has 1 atom stereocenters. The topological polar surface area (TPSA) is 34.6 Å². The Morgan fingerprint density at radius 2 is 1.91 bits per heavy atom. The summed E-state index contributed by atoms with van der Waals surface area (Å²) in [5.74, 6) is 0. The first kappa shape index (κ1) is 12.4. The Balaban J connectivity index is 1.99. The van der Waals surface area contributed by atoms with E-state index in [0.717, 1.165) is 25.8 Å². The second kappa shape index (κ2) is 5.53. The average Bonchev–Trinajstić information content (AvgIpc) is 2.73. The molecule has 5 heteroatoms. The van der Waals surface area contributed by atoms with Gasteiger partial charge in [0.05, 0.1) is 26.6 Å². The lowest BCUT2D eigenvalue weighted by molar-refractivity contribution is 0.00578. The van der Waals surface area contributed by atoms with Crippen LogP contribution < -0.4 is 10.5 Å². The van der Waals surface area contributed by atoms with Gasteiger partial charge in [0.15, 0.2) is 0 Å². The lowest BCUT2D eigenvalue weighted by Crippen LogP contribution is -2.41. The highest BCUT2D eigenvalue weighted by Gasteiger charge is 2.52. The van der Waals surface area contributed by atoms with Crippen LogP contribution in [0.4, 0.5) is 5.69 Å². The van der Waals surface area contributed by atoms with Gasteiger partial charge >= 0.3 is 7.12 Å². The van der Waals surface area contributed by atoms with Crippen molar-refractivity contribution >= 4 is 18.4 Å². The molecule has 0 aromatic carbocycles. The number of anilines is 1. The summed E-state index contributed by atoms with van der Waals surface area (Å²) in [6, 6.07) is 0.284. The molecule has 0 aliphatic carbocycles. The van der Waals surface area contributed by atoms with E-state index in [1.54, 1.807) is 0 Å². The maximum Gasteiger partial charge on any atom is 0.514 e. The van der Waals surface area contributed by atoms with Gasteiger partial charge in [0.25, 0.3) is 0 Å². The van der Waals surface area contributed by atoms with Crippen molar-refractivity contribution in [2.75, 3.05) is 11.4 Å². The van der Waals surface area contributed by atoms with E-state index in [1.165, 1.54) is 0 Å². The number of hydrogen-bond donors (Lipinski definition) is 0. The Morgan fingerprint density at radius 1 is 1.23 bits per heavy atom. The predicted molar refractivity (Wildman–Crippen MR) is 90.6 cm³/mol. The fraction of sp³-hybridized carbons (Fsp3) is 0.706. The first-order valence-electron chi connectivity index (χ1n) is 9.65. The van der Waals surface area contributed by atoms with Gasteiger partial charge in [-0.25, -0.2) is 0 Å². The third-order valence-electron chi connectivity index (χ3n) is 5.16. The molecule has 1 aromatic heterocycles. The van der Waals surface area contributed by atoms with Crippen LogP contribution in [0.25, 0.3) is 0 Å². The molecule has 2 fully saturated rings. The minimum atomic E-state index is -0.821. The molecule has 0 N–H and O–H groups in total. The summed E-state index contributed by atoms with van der Waals surface area (Å²) in [6.45, 7) is 10.6. The number of aromatic nitrogens is 1. The van der Waals surface area contributed by atoms with Crippen molar-refractivity contribution in [2.45, 2.75) is 71.1 Å².